The van der Waals surface area contributed by atoms with Crippen LogP contribution in [-0.4, -0.2) is 39.6 Å². The van der Waals surface area contributed by atoms with Gasteiger partial charge in [-0.1, -0.05) is 25.1 Å². The fourth-order valence-corrected chi connectivity index (χ4v) is 3.42. The minimum atomic E-state index is -0.144. The van der Waals surface area contributed by atoms with Crippen LogP contribution in [-0.2, 0) is 17.9 Å². The van der Waals surface area contributed by atoms with Gasteiger partial charge in [-0.3, -0.25) is 9.78 Å². The number of amides is 3. The van der Waals surface area contributed by atoms with Crippen molar-refractivity contribution in [1.82, 2.24) is 14.9 Å². The lowest BCUT2D eigenvalue weighted by Gasteiger charge is -2.25. The summed E-state index contributed by atoms with van der Waals surface area (Å²) in [5.41, 5.74) is 4.60. The van der Waals surface area contributed by atoms with Gasteiger partial charge >= 0.3 is 6.03 Å². The summed E-state index contributed by atoms with van der Waals surface area (Å²) < 4.78 is 0. The normalized spacial score (nSPS) is 19.0. The molecule has 3 heterocycles. The van der Waals surface area contributed by atoms with Crippen LogP contribution in [0.3, 0.4) is 0 Å². The van der Waals surface area contributed by atoms with Crippen molar-refractivity contribution >= 4 is 23.3 Å². The molecule has 0 aliphatic carbocycles. The van der Waals surface area contributed by atoms with Crippen LogP contribution in [0, 0.1) is 5.92 Å². The van der Waals surface area contributed by atoms with Gasteiger partial charge in [-0.15, -0.1) is 0 Å². The molecule has 27 heavy (non-hydrogen) atoms. The van der Waals surface area contributed by atoms with Gasteiger partial charge in [0.2, 0.25) is 5.91 Å². The summed E-state index contributed by atoms with van der Waals surface area (Å²) in [5, 5.41) is 8.71. The topological polar surface area (TPSA) is 77.9 Å². The molecule has 2 aromatic rings. The van der Waals surface area contributed by atoms with Gasteiger partial charge < -0.3 is 10.2 Å². The van der Waals surface area contributed by atoms with Crippen LogP contribution in [0.2, 0.25) is 0 Å². The van der Waals surface area contributed by atoms with E-state index in [1.54, 1.807) is 18.1 Å². The molecule has 0 spiro atoms. The predicted octanol–water partition coefficient (Wildman–Crippen LogP) is 2.83. The van der Waals surface area contributed by atoms with Crippen molar-refractivity contribution in [2.45, 2.75) is 26.4 Å². The summed E-state index contributed by atoms with van der Waals surface area (Å²) in [4.78, 5) is 30.3. The van der Waals surface area contributed by atoms with Crippen molar-refractivity contribution in [3.05, 3.63) is 59.4 Å². The summed E-state index contributed by atoms with van der Waals surface area (Å²) in [6.45, 7) is 3.09. The Morgan fingerprint density at radius 3 is 2.70 bits per heavy atom. The maximum atomic E-state index is 12.5. The van der Waals surface area contributed by atoms with Crippen LogP contribution in [0.25, 0.3) is 0 Å². The molecular formula is C20H21N5O2. The van der Waals surface area contributed by atoms with Crippen LogP contribution in [0.5, 0.6) is 0 Å². The van der Waals surface area contributed by atoms with Gasteiger partial charge in [-0.2, -0.15) is 5.10 Å². The lowest BCUT2D eigenvalue weighted by molar-refractivity contribution is -0.131. The first-order valence-electron chi connectivity index (χ1n) is 8.95. The number of hydrazone groups is 1. The van der Waals surface area contributed by atoms with Crippen LogP contribution in [0.1, 0.15) is 30.2 Å². The summed E-state index contributed by atoms with van der Waals surface area (Å²) in [6.07, 6.45) is 2.20. The number of carbonyl (C=O) groups excluding carboxylic acids is 2. The number of urea groups is 1. The molecule has 1 aromatic carbocycles. The quantitative estimate of drug-likeness (QED) is 0.891. The first-order chi connectivity index (χ1) is 13.0. The van der Waals surface area contributed by atoms with E-state index in [4.69, 9.17) is 0 Å². The van der Waals surface area contributed by atoms with E-state index >= 15 is 0 Å². The zero-order valence-corrected chi connectivity index (χ0v) is 15.3. The lowest BCUT2D eigenvalue weighted by atomic mass is 9.94. The second-order valence-corrected chi connectivity index (χ2v) is 6.98. The highest BCUT2D eigenvalue weighted by Gasteiger charge is 2.26. The molecule has 1 atom stereocenters. The molecule has 0 unspecified atom stereocenters. The Kier molecular flexibility index (Phi) is 4.35. The number of benzene rings is 1. The molecule has 4 rings (SSSR count). The molecule has 0 saturated heterocycles. The second-order valence-electron chi connectivity index (χ2n) is 6.98. The summed E-state index contributed by atoms with van der Waals surface area (Å²) in [5.74, 6) is 0.0981. The molecule has 1 N–H and O–H groups in total. The SMILES string of the molecule is C[C@@H]1CC(=O)N(C)N=C1c1ccc(NC(=O)N2Cc3cccnc3C2)cc1. The van der Waals surface area contributed by atoms with Gasteiger partial charge in [0.25, 0.3) is 0 Å². The molecule has 2 aliphatic rings. The Morgan fingerprint density at radius 1 is 1.19 bits per heavy atom. The summed E-state index contributed by atoms with van der Waals surface area (Å²) in [6, 6.07) is 11.3. The van der Waals surface area contributed by atoms with Gasteiger partial charge in [0.15, 0.2) is 0 Å². The summed E-state index contributed by atoms with van der Waals surface area (Å²) in [7, 11) is 1.67. The highest BCUT2D eigenvalue weighted by Crippen LogP contribution is 2.23. The molecule has 0 radical (unpaired) electrons. The van der Waals surface area contributed by atoms with Gasteiger partial charge in [-0.05, 0) is 29.3 Å². The molecule has 0 bridgehead atoms. The van der Waals surface area contributed by atoms with Crippen molar-refractivity contribution in [1.29, 1.82) is 0 Å². The van der Waals surface area contributed by atoms with E-state index in [-0.39, 0.29) is 17.9 Å². The number of nitrogens with one attached hydrogen (secondary N) is 1. The molecule has 2 aliphatic heterocycles. The van der Waals surface area contributed by atoms with Gasteiger partial charge in [0.05, 0.1) is 18.0 Å². The zero-order valence-electron chi connectivity index (χ0n) is 15.3. The Hall–Kier alpha value is -3.22. The van der Waals surface area contributed by atoms with Crippen molar-refractivity contribution in [2.75, 3.05) is 12.4 Å². The molecule has 3 amide bonds. The van der Waals surface area contributed by atoms with Gasteiger partial charge in [0, 0.05) is 37.8 Å². The lowest BCUT2D eigenvalue weighted by Crippen LogP contribution is -2.33. The first kappa shape index (κ1) is 17.2. The zero-order chi connectivity index (χ0) is 19.0. The van der Waals surface area contributed by atoms with Crippen molar-refractivity contribution < 1.29 is 9.59 Å². The van der Waals surface area contributed by atoms with E-state index in [9.17, 15) is 9.59 Å². The molecule has 138 valence electrons. The standard InChI is InChI=1S/C20H21N5O2/c1-13-10-18(26)24(2)23-19(13)14-5-7-16(8-6-14)22-20(27)25-11-15-4-3-9-21-17(15)12-25/h3-9,13H,10-12H2,1-2H3,(H,22,27)/t13-/m1/s1. The number of anilines is 1. The summed E-state index contributed by atoms with van der Waals surface area (Å²) >= 11 is 0. The van der Waals surface area contributed by atoms with E-state index in [0.29, 0.717) is 19.5 Å². The molecule has 1 aromatic heterocycles. The average Bonchev–Trinajstić information content (AvgIpc) is 3.10. The Labute approximate surface area is 157 Å². The molecular weight excluding hydrogens is 342 g/mol. The number of hydrogen-bond donors (Lipinski definition) is 1. The van der Waals surface area contributed by atoms with Crippen molar-refractivity contribution in [3.8, 4) is 0 Å². The fraction of sp³-hybridized carbons (Fsp3) is 0.300. The van der Waals surface area contributed by atoms with Crippen LogP contribution in [0.4, 0.5) is 10.5 Å². The molecule has 0 fully saturated rings. The number of pyridine rings is 1. The number of rotatable bonds is 2. The number of fused-ring (bicyclic) bond motifs is 1. The van der Waals surface area contributed by atoms with Crippen LogP contribution in [0.15, 0.2) is 47.7 Å². The van der Waals surface area contributed by atoms with Gasteiger partial charge in [-0.25, -0.2) is 9.80 Å². The Bertz CT molecular complexity index is 897. The molecule has 0 saturated carbocycles. The highest BCUT2D eigenvalue weighted by molar-refractivity contribution is 6.06. The van der Waals surface area contributed by atoms with E-state index in [2.05, 4.69) is 15.4 Å². The number of carbonyl (C=O) groups is 2. The third kappa shape index (κ3) is 3.40. The monoisotopic (exact) mass is 363 g/mol. The minimum Gasteiger partial charge on any atom is -0.314 e. The number of aromatic nitrogens is 1. The van der Waals surface area contributed by atoms with E-state index in [1.165, 1.54) is 5.01 Å². The third-order valence-corrected chi connectivity index (χ3v) is 4.97. The number of nitrogens with zero attached hydrogens (tertiary/aromatic N) is 4. The third-order valence-electron chi connectivity index (χ3n) is 4.97. The Balaban J connectivity index is 1.44. The van der Waals surface area contributed by atoms with E-state index in [0.717, 1.165) is 28.2 Å². The van der Waals surface area contributed by atoms with Crippen LogP contribution < -0.4 is 5.32 Å². The molecule has 7 heteroatoms. The van der Waals surface area contributed by atoms with Crippen LogP contribution >= 0.6 is 0 Å². The van der Waals surface area contributed by atoms with Crippen molar-refractivity contribution in [3.63, 3.8) is 0 Å². The Morgan fingerprint density at radius 2 is 1.96 bits per heavy atom. The average molecular weight is 363 g/mol. The fourth-order valence-electron chi connectivity index (χ4n) is 3.42. The second kappa shape index (κ2) is 6.83. The van der Waals surface area contributed by atoms with E-state index < -0.39 is 0 Å². The number of hydrogen-bond acceptors (Lipinski definition) is 4. The maximum absolute atomic E-state index is 12.5. The van der Waals surface area contributed by atoms with Gasteiger partial charge in [0.1, 0.15) is 0 Å². The van der Waals surface area contributed by atoms with Crippen molar-refractivity contribution in [2.24, 2.45) is 11.0 Å². The largest absolute Gasteiger partial charge is 0.322 e. The maximum Gasteiger partial charge on any atom is 0.322 e. The smallest absolute Gasteiger partial charge is 0.314 e. The molecule has 7 nitrogen and oxygen atoms in total. The predicted molar refractivity (Wildman–Crippen MR) is 102 cm³/mol. The highest BCUT2D eigenvalue weighted by atomic mass is 16.2. The van der Waals surface area contributed by atoms with E-state index in [1.807, 2.05) is 43.3 Å². The minimum absolute atomic E-state index is 0.0243. The first-order valence-corrected chi connectivity index (χ1v) is 8.95.